The molecule has 23 heavy (non-hydrogen) atoms. The third-order valence-electron chi connectivity index (χ3n) is 3.14. The van der Waals surface area contributed by atoms with Crippen molar-refractivity contribution >= 4 is 38.3 Å². The highest BCUT2D eigenvalue weighted by Crippen LogP contribution is 2.27. The van der Waals surface area contributed by atoms with E-state index in [-0.39, 0.29) is 5.91 Å². The molecule has 1 aromatic heterocycles. The molecule has 0 spiro atoms. The summed E-state index contributed by atoms with van der Waals surface area (Å²) >= 11 is 4.84. The quantitative estimate of drug-likeness (QED) is 0.744. The standard InChI is InChI=1S/C16H20BrN3O2S/c1-4-14-19-20-16(23-14)18-15(21)11-5-6-13(12(17)9-11)22-8-7-10(2)3/h5-6,9-10H,4,7-8H2,1-3H3,(H,18,20,21). The summed E-state index contributed by atoms with van der Waals surface area (Å²) in [6.45, 7) is 6.97. The molecule has 0 saturated heterocycles. The van der Waals surface area contributed by atoms with Gasteiger partial charge in [-0.2, -0.15) is 0 Å². The third-order valence-corrected chi connectivity index (χ3v) is 4.74. The van der Waals surface area contributed by atoms with Crippen molar-refractivity contribution in [2.45, 2.75) is 33.6 Å². The van der Waals surface area contributed by atoms with Crippen LogP contribution in [0.15, 0.2) is 22.7 Å². The number of anilines is 1. The van der Waals surface area contributed by atoms with Gasteiger partial charge in [-0.1, -0.05) is 32.1 Å². The summed E-state index contributed by atoms with van der Waals surface area (Å²) in [6, 6.07) is 5.30. The van der Waals surface area contributed by atoms with E-state index in [1.807, 2.05) is 6.92 Å². The van der Waals surface area contributed by atoms with Crippen LogP contribution in [0.2, 0.25) is 0 Å². The van der Waals surface area contributed by atoms with Crippen molar-refractivity contribution in [2.75, 3.05) is 11.9 Å². The number of ether oxygens (including phenoxy) is 1. The van der Waals surface area contributed by atoms with Crippen LogP contribution in [0.1, 0.15) is 42.6 Å². The molecule has 0 radical (unpaired) electrons. The first-order chi connectivity index (χ1) is 11.0. The molecule has 5 nitrogen and oxygen atoms in total. The number of nitrogens with zero attached hydrogens (tertiary/aromatic N) is 2. The summed E-state index contributed by atoms with van der Waals surface area (Å²) < 4.78 is 6.48. The minimum Gasteiger partial charge on any atom is -0.492 e. The predicted octanol–water partition coefficient (Wildman–Crippen LogP) is 4.54. The Morgan fingerprint density at radius 2 is 2.17 bits per heavy atom. The Kier molecular flexibility index (Phi) is 6.53. The van der Waals surface area contributed by atoms with Crippen LogP contribution in [0, 0.1) is 5.92 Å². The second-order valence-electron chi connectivity index (χ2n) is 5.48. The van der Waals surface area contributed by atoms with E-state index in [9.17, 15) is 4.79 Å². The molecular formula is C16H20BrN3O2S. The number of amides is 1. The summed E-state index contributed by atoms with van der Waals surface area (Å²) in [7, 11) is 0. The molecular weight excluding hydrogens is 378 g/mol. The maximum Gasteiger partial charge on any atom is 0.257 e. The first-order valence-corrected chi connectivity index (χ1v) is 9.16. The average molecular weight is 398 g/mol. The maximum atomic E-state index is 12.2. The first kappa shape index (κ1) is 17.9. The second-order valence-corrected chi connectivity index (χ2v) is 7.40. The van der Waals surface area contributed by atoms with Crippen molar-refractivity contribution in [2.24, 2.45) is 5.92 Å². The van der Waals surface area contributed by atoms with Gasteiger partial charge in [-0.15, -0.1) is 10.2 Å². The fourth-order valence-corrected chi connectivity index (χ4v) is 2.95. The molecule has 2 aromatic rings. The lowest BCUT2D eigenvalue weighted by Gasteiger charge is -2.10. The summed E-state index contributed by atoms with van der Waals surface area (Å²) in [5, 5.41) is 12.1. The van der Waals surface area contributed by atoms with Gasteiger partial charge in [0.1, 0.15) is 10.8 Å². The van der Waals surface area contributed by atoms with Gasteiger partial charge in [-0.3, -0.25) is 10.1 Å². The SMILES string of the molecule is CCc1nnc(NC(=O)c2ccc(OCCC(C)C)c(Br)c2)s1. The largest absolute Gasteiger partial charge is 0.492 e. The Morgan fingerprint density at radius 3 is 2.78 bits per heavy atom. The van der Waals surface area contributed by atoms with Crippen molar-refractivity contribution in [3.05, 3.63) is 33.2 Å². The van der Waals surface area contributed by atoms with Crippen molar-refractivity contribution in [1.29, 1.82) is 0 Å². The number of benzene rings is 1. The lowest BCUT2D eigenvalue weighted by Crippen LogP contribution is -2.12. The Morgan fingerprint density at radius 1 is 1.39 bits per heavy atom. The highest BCUT2D eigenvalue weighted by atomic mass is 79.9. The molecule has 1 amide bonds. The van der Waals surface area contributed by atoms with Crippen LogP contribution in [-0.4, -0.2) is 22.7 Å². The van der Waals surface area contributed by atoms with Crippen LogP contribution in [0.3, 0.4) is 0 Å². The van der Waals surface area contributed by atoms with Crippen LogP contribution in [0.5, 0.6) is 5.75 Å². The molecule has 0 aliphatic heterocycles. The number of hydrogen-bond donors (Lipinski definition) is 1. The van der Waals surface area contributed by atoms with Crippen LogP contribution in [-0.2, 0) is 6.42 Å². The van der Waals surface area contributed by atoms with Gasteiger partial charge in [0, 0.05) is 5.56 Å². The van der Waals surface area contributed by atoms with Crippen molar-refractivity contribution in [1.82, 2.24) is 10.2 Å². The van der Waals surface area contributed by atoms with Gasteiger partial charge < -0.3 is 4.74 Å². The van der Waals surface area contributed by atoms with E-state index in [1.165, 1.54) is 11.3 Å². The number of carbonyl (C=O) groups is 1. The van der Waals surface area contributed by atoms with E-state index in [0.717, 1.165) is 28.1 Å². The van der Waals surface area contributed by atoms with E-state index in [4.69, 9.17) is 4.74 Å². The zero-order valence-corrected chi connectivity index (χ0v) is 15.8. The molecule has 1 aromatic carbocycles. The molecule has 2 rings (SSSR count). The van der Waals surface area contributed by atoms with Gasteiger partial charge in [0.2, 0.25) is 5.13 Å². The number of aromatic nitrogens is 2. The molecule has 0 aliphatic rings. The van der Waals surface area contributed by atoms with Crippen LogP contribution >= 0.6 is 27.3 Å². The number of hydrogen-bond acceptors (Lipinski definition) is 5. The van der Waals surface area contributed by atoms with Gasteiger partial charge >= 0.3 is 0 Å². The Bertz CT molecular complexity index is 673. The van der Waals surface area contributed by atoms with Gasteiger partial charge in [-0.05, 0) is 52.9 Å². The van der Waals surface area contributed by atoms with E-state index < -0.39 is 0 Å². The second kappa shape index (κ2) is 8.40. The van der Waals surface area contributed by atoms with Gasteiger partial charge in [0.05, 0.1) is 11.1 Å². The van der Waals surface area contributed by atoms with Gasteiger partial charge in [0.15, 0.2) is 0 Å². The molecule has 1 N–H and O–H groups in total. The zero-order valence-electron chi connectivity index (χ0n) is 13.4. The van der Waals surface area contributed by atoms with Gasteiger partial charge in [-0.25, -0.2) is 0 Å². The summed E-state index contributed by atoms with van der Waals surface area (Å²) in [5.74, 6) is 1.13. The summed E-state index contributed by atoms with van der Waals surface area (Å²) in [4.78, 5) is 12.2. The van der Waals surface area contributed by atoms with E-state index >= 15 is 0 Å². The fourth-order valence-electron chi connectivity index (χ4n) is 1.78. The van der Waals surface area contributed by atoms with E-state index in [0.29, 0.717) is 23.2 Å². The van der Waals surface area contributed by atoms with Crippen molar-refractivity contribution in [3.63, 3.8) is 0 Å². The molecule has 7 heteroatoms. The monoisotopic (exact) mass is 397 g/mol. The number of rotatable bonds is 7. The fraction of sp³-hybridized carbons (Fsp3) is 0.438. The van der Waals surface area contributed by atoms with E-state index in [2.05, 4.69) is 45.3 Å². The predicted molar refractivity (Wildman–Crippen MR) is 96.3 cm³/mol. The minimum atomic E-state index is -0.210. The number of nitrogens with one attached hydrogen (secondary N) is 1. The Balaban J connectivity index is 1.99. The molecule has 0 unspecified atom stereocenters. The first-order valence-electron chi connectivity index (χ1n) is 7.55. The Hall–Kier alpha value is -1.47. The van der Waals surface area contributed by atoms with Gasteiger partial charge in [0.25, 0.3) is 5.91 Å². The molecule has 0 aliphatic carbocycles. The normalized spacial score (nSPS) is 10.8. The smallest absolute Gasteiger partial charge is 0.257 e. The molecule has 0 bridgehead atoms. The minimum absolute atomic E-state index is 0.210. The van der Waals surface area contributed by atoms with Crippen molar-refractivity contribution in [3.8, 4) is 5.75 Å². The topological polar surface area (TPSA) is 64.1 Å². The highest BCUT2D eigenvalue weighted by Gasteiger charge is 2.12. The van der Waals surface area contributed by atoms with Crippen LogP contribution < -0.4 is 10.1 Å². The molecule has 0 saturated carbocycles. The highest BCUT2D eigenvalue weighted by molar-refractivity contribution is 9.10. The molecule has 0 fully saturated rings. The van der Waals surface area contributed by atoms with Crippen LogP contribution in [0.25, 0.3) is 0 Å². The third kappa shape index (κ3) is 5.28. The number of aryl methyl sites for hydroxylation is 1. The molecule has 0 atom stereocenters. The zero-order chi connectivity index (χ0) is 16.8. The average Bonchev–Trinajstić information content (AvgIpc) is 2.96. The number of carbonyl (C=O) groups excluding carboxylic acids is 1. The van der Waals surface area contributed by atoms with Crippen LogP contribution in [0.4, 0.5) is 5.13 Å². The maximum absolute atomic E-state index is 12.2. The molecule has 124 valence electrons. The lowest BCUT2D eigenvalue weighted by atomic mass is 10.1. The van der Waals surface area contributed by atoms with E-state index in [1.54, 1.807) is 18.2 Å². The number of halogens is 1. The molecule has 1 heterocycles. The lowest BCUT2D eigenvalue weighted by molar-refractivity contribution is 0.102. The Labute approximate surface area is 148 Å². The summed E-state index contributed by atoms with van der Waals surface area (Å²) in [6.07, 6.45) is 1.80. The summed E-state index contributed by atoms with van der Waals surface area (Å²) in [5.41, 5.74) is 0.543. The van der Waals surface area contributed by atoms with Crippen molar-refractivity contribution < 1.29 is 9.53 Å².